The van der Waals surface area contributed by atoms with Crippen molar-refractivity contribution < 1.29 is 14.3 Å². The Hall–Kier alpha value is -2.48. The summed E-state index contributed by atoms with van der Waals surface area (Å²) in [4.78, 5) is 32.1. The molecule has 2 aromatic rings. The number of piperidine rings is 1. The normalized spacial score (nSPS) is 17.7. The van der Waals surface area contributed by atoms with Gasteiger partial charge in [-0.2, -0.15) is 5.10 Å². The first kappa shape index (κ1) is 17.3. The molecule has 1 fully saturated rings. The van der Waals surface area contributed by atoms with Gasteiger partial charge in [0.2, 0.25) is 5.91 Å². The number of carbonyl (C=O) groups is 2. The van der Waals surface area contributed by atoms with E-state index in [-0.39, 0.29) is 24.3 Å². The summed E-state index contributed by atoms with van der Waals surface area (Å²) in [5.41, 5.74) is 2.00. The molecule has 25 heavy (non-hydrogen) atoms. The van der Waals surface area contributed by atoms with Gasteiger partial charge in [0.25, 0.3) is 5.91 Å². The lowest BCUT2D eigenvalue weighted by Gasteiger charge is -2.32. The molecule has 1 atom stereocenters. The zero-order valence-corrected chi connectivity index (χ0v) is 14.8. The number of hydrogen-bond donors (Lipinski definition) is 0. The summed E-state index contributed by atoms with van der Waals surface area (Å²) < 4.78 is 6.69. The van der Waals surface area contributed by atoms with Crippen molar-refractivity contribution in [1.82, 2.24) is 24.4 Å². The van der Waals surface area contributed by atoms with E-state index < -0.39 is 0 Å². The third-order valence-electron chi connectivity index (χ3n) is 4.53. The van der Waals surface area contributed by atoms with Crippen LogP contribution in [0.15, 0.2) is 18.5 Å². The number of likely N-dealkylation sites (tertiary alicyclic amines) is 1. The quantitative estimate of drug-likeness (QED) is 0.818. The van der Waals surface area contributed by atoms with E-state index in [0.717, 1.165) is 25.1 Å². The number of nitrogens with zero attached hydrogens (tertiary/aromatic N) is 5. The molecule has 8 heteroatoms. The van der Waals surface area contributed by atoms with E-state index in [2.05, 4.69) is 10.1 Å². The zero-order chi connectivity index (χ0) is 18.0. The van der Waals surface area contributed by atoms with Gasteiger partial charge in [-0.3, -0.25) is 9.59 Å². The van der Waals surface area contributed by atoms with Gasteiger partial charge in [-0.25, -0.2) is 9.50 Å². The number of fused-ring (bicyclic) bond motifs is 1. The molecule has 0 unspecified atom stereocenters. The Balaban J connectivity index is 1.91. The molecule has 0 radical (unpaired) electrons. The Morgan fingerprint density at radius 1 is 1.40 bits per heavy atom. The molecule has 0 aliphatic carbocycles. The Morgan fingerprint density at radius 3 is 2.92 bits per heavy atom. The highest BCUT2D eigenvalue weighted by Gasteiger charge is 2.27. The van der Waals surface area contributed by atoms with Crippen LogP contribution in [0, 0.1) is 0 Å². The van der Waals surface area contributed by atoms with E-state index in [1.807, 2.05) is 11.0 Å². The third-order valence-corrected chi connectivity index (χ3v) is 4.53. The highest BCUT2D eigenvalue weighted by molar-refractivity contribution is 5.99. The minimum Gasteiger partial charge on any atom is -0.375 e. The minimum absolute atomic E-state index is 0.00133. The fourth-order valence-corrected chi connectivity index (χ4v) is 3.27. The van der Waals surface area contributed by atoms with Crippen LogP contribution in [-0.4, -0.2) is 77.1 Å². The van der Waals surface area contributed by atoms with Gasteiger partial charge in [0.15, 0.2) is 5.65 Å². The first-order chi connectivity index (χ1) is 12.0. The second-order valence-electron chi connectivity index (χ2n) is 6.47. The lowest BCUT2D eigenvalue weighted by molar-refractivity contribution is -0.136. The van der Waals surface area contributed by atoms with E-state index >= 15 is 0 Å². The second-order valence-corrected chi connectivity index (χ2v) is 6.47. The molecule has 0 aromatic carbocycles. The van der Waals surface area contributed by atoms with E-state index in [0.29, 0.717) is 17.8 Å². The summed E-state index contributed by atoms with van der Waals surface area (Å²) >= 11 is 0. The zero-order valence-electron chi connectivity index (χ0n) is 14.8. The Morgan fingerprint density at radius 2 is 2.20 bits per heavy atom. The molecular formula is C17H23N5O3. The van der Waals surface area contributed by atoms with Crippen LogP contribution >= 0.6 is 0 Å². The third kappa shape index (κ3) is 3.34. The van der Waals surface area contributed by atoms with Gasteiger partial charge < -0.3 is 14.5 Å². The maximum atomic E-state index is 12.3. The minimum atomic E-state index is -0.125. The molecule has 3 heterocycles. The predicted molar refractivity (Wildman–Crippen MR) is 91.4 cm³/mol. The lowest BCUT2D eigenvalue weighted by atomic mass is 9.94. The highest BCUT2D eigenvalue weighted by atomic mass is 16.5. The molecule has 3 rings (SSSR count). The van der Waals surface area contributed by atoms with Gasteiger partial charge in [0.05, 0.1) is 11.9 Å². The topological polar surface area (TPSA) is 80.0 Å². The summed E-state index contributed by atoms with van der Waals surface area (Å²) in [6.07, 6.45) is 5.15. The fraction of sp³-hybridized carbons (Fsp3) is 0.529. The molecule has 0 spiro atoms. The first-order valence-corrected chi connectivity index (χ1v) is 8.34. The molecule has 0 bridgehead atoms. The van der Waals surface area contributed by atoms with Gasteiger partial charge >= 0.3 is 0 Å². The predicted octanol–water partition coefficient (Wildman–Crippen LogP) is 0.783. The summed E-state index contributed by atoms with van der Waals surface area (Å²) in [6.45, 7) is 1.47. The molecule has 2 amide bonds. The molecule has 2 aromatic heterocycles. The molecule has 0 N–H and O–H groups in total. The molecule has 1 aliphatic heterocycles. The van der Waals surface area contributed by atoms with Crippen molar-refractivity contribution in [3.05, 3.63) is 29.7 Å². The maximum Gasteiger partial charge on any atom is 0.258 e. The van der Waals surface area contributed by atoms with Crippen molar-refractivity contribution >= 4 is 17.5 Å². The number of hydrogen-bond acceptors (Lipinski definition) is 5. The molecule has 0 saturated carbocycles. The highest BCUT2D eigenvalue weighted by Crippen LogP contribution is 2.27. The van der Waals surface area contributed by atoms with E-state index in [4.69, 9.17) is 4.74 Å². The van der Waals surface area contributed by atoms with Gasteiger partial charge in [-0.1, -0.05) is 0 Å². The van der Waals surface area contributed by atoms with Crippen LogP contribution in [0.4, 0.5) is 0 Å². The molecule has 1 aliphatic rings. The van der Waals surface area contributed by atoms with Crippen molar-refractivity contribution in [1.29, 1.82) is 0 Å². The van der Waals surface area contributed by atoms with Crippen molar-refractivity contribution in [2.24, 2.45) is 0 Å². The number of ether oxygens (including phenoxy) is 1. The molecule has 1 saturated heterocycles. The van der Waals surface area contributed by atoms with Gasteiger partial charge in [-0.15, -0.1) is 0 Å². The number of rotatable bonds is 4. The van der Waals surface area contributed by atoms with Crippen molar-refractivity contribution in [2.45, 2.75) is 18.8 Å². The number of carbonyl (C=O) groups excluding carboxylic acids is 2. The summed E-state index contributed by atoms with van der Waals surface area (Å²) in [5.74, 6) is 0.0314. The average molecular weight is 345 g/mol. The molecular weight excluding hydrogens is 322 g/mol. The number of amides is 2. The van der Waals surface area contributed by atoms with Crippen LogP contribution in [0.1, 0.15) is 34.8 Å². The SMILES string of the molecule is COCC(=O)N1CCC[C@@H](c2ccnc3c(C(=O)N(C)C)cnn23)C1. The van der Waals surface area contributed by atoms with Crippen molar-refractivity contribution in [2.75, 3.05) is 40.9 Å². The van der Waals surface area contributed by atoms with Crippen molar-refractivity contribution in [3.8, 4) is 0 Å². The lowest BCUT2D eigenvalue weighted by Crippen LogP contribution is -2.41. The first-order valence-electron chi connectivity index (χ1n) is 8.34. The number of methoxy groups -OCH3 is 1. The van der Waals surface area contributed by atoms with Crippen LogP contribution in [-0.2, 0) is 9.53 Å². The Kier molecular flexibility index (Phi) is 4.98. The van der Waals surface area contributed by atoms with Crippen LogP contribution in [0.3, 0.4) is 0 Å². The number of aromatic nitrogens is 3. The van der Waals surface area contributed by atoms with Crippen molar-refractivity contribution in [3.63, 3.8) is 0 Å². The average Bonchev–Trinajstić information content (AvgIpc) is 3.05. The van der Waals surface area contributed by atoms with Gasteiger partial charge in [0.1, 0.15) is 12.2 Å². The van der Waals surface area contributed by atoms with Gasteiger partial charge in [0, 0.05) is 46.4 Å². The van der Waals surface area contributed by atoms with Crippen LogP contribution in [0.25, 0.3) is 5.65 Å². The van der Waals surface area contributed by atoms with Crippen LogP contribution in [0.5, 0.6) is 0 Å². The van der Waals surface area contributed by atoms with Crippen LogP contribution < -0.4 is 0 Å². The maximum absolute atomic E-state index is 12.3. The fourth-order valence-electron chi connectivity index (χ4n) is 3.27. The smallest absolute Gasteiger partial charge is 0.258 e. The monoisotopic (exact) mass is 345 g/mol. The molecule has 134 valence electrons. The Labute approximate surface area is 146 Å². The van der Waals surface area contributed by atoms with E-state index in [1.54, 1.807) is 31.0 Å². The molecule has 8 nitrogen and oxygen atoms in total. The summed E-state index contributed by atoms with van der Waals surface area (Å²) in [7, 11) is 4.94. The second kappa shape index (κ2) is 7.18. The largest absolute Gasteiger partial charge is 0.375 e. The van der Waals surface area contributed by atoms with E-state index in [1.165, 1.54) is 12.0 Å². The summed E-state index contributed by atoms with van der Waals surface area (Å²) in [5, 5.41) is 4.38. The summed E-state index contributed by atoms with van der Waals surface area (Å²) in [6, 6.07) is 1.92. The van der Waals surface area contributed by atoms with Crippen LogP contribution in [0.2, 0.25) is 0 Å². The Bertz CT molecular complexity index is 786. The van der Waals surface area contributed by atoms with Gasteiger partial charge in [-0.05, 0) is 18.9 Å². The van der Waals surface area contributed by atoms with E-state index in [9.17, 15) is 9.59 Å². The standard InChI is InChI=1S/C17H23N5O3/c1-20(2)17(24)13-9-19-22-14(6-7-18-16(13)22)12-5-4-8-21(10-12)15(23)11-25-3/h6-7,9,12H,4-5,8,10-11H2,1-3H3/t12-/m1/s1.